The van der Waals surface area contributed by atoms with Crippen molar-refractivity contribution in [1.82, 2.24) is 4.31 Å². The van der Waals surface area contributed by atoms with Crippen LogP contribution in [-0.4, -0.2) is 39.5 Å². The van der Waals surface area contributed by atoms with Gasteiger partial charge in [0.1, 0.15) is 10.0 Å². The van der Waals surface area contributed by atoms with Crippen LogP contribution in [0.1, 0.15) is 24.6 Å². The quantitative estimate of drug-likeness (QED) is 0.701. The fourth-order valence-corrected chi connectivity index (χ4v) is 7.83. The molecule has 0 spiro atoms. The molecule has 1 aromatic carbocycles. The lowest BCUT2D eigenvalue weighted by Gasteiger charge is -2.31. The SMILES string of the molecule is CCc1ccc(S(=O)(=O)N2CCC[C@@H](S(=O)(=O)c3ccc(F)cc3)C2)s1. The number of hydrogen-bond donors (Lipinski definition) is 0. The molecule has 0 N–H and O–H groups in total. The van der Waals surface area contributed by atoms with Gasteiger partial charge in [0.2, 0.25) is 0 Å². The minimum absolute atomic E-state index is 0.0209. The Balaban J connectivity index is 1.85. The molecule has 1 aromatic heterocycles. The van der Waals surface area contributed by atoms with Crippen molar-refractivity contribution in [2.75, 3.05) is 13.1 Å². The number of rotatable bonds is 5. The van der Waals surface area contributed by atoms with E-state index in [9.17, 15) is 21.2 Å². The molecule has 0 radical (unpaired) electrons. The average molecular weight is 418 g/mol. The molecule has 0 amide bonds. The second-order valence-electron chi connectivity index (χ2n) is 6.20. The number of aryl methyl sites for hydroxylation is 1. The van der Waals surface area contributed by atoms with Gasteiger partial charge < -0.3 is 0 Å². The van der Waals surface area contributed by atoms with Crippen molar-refractivity contribution >= 4 is 31.2 Å². The van der Waals surface area contributed by atoms with Crippen LogP contribution in [0, 0.1) is 5.82 Å². The molecular weight excluding hydrogens is 397 g/mol. The first-order valence-electron chi connectivity index (χ1n) is 8.33. The largest absolute Gasteiger partial charge is 0.252 e. The van der Waals surface area contributed by atoms with E-state index in [2.05, 4.69) is 0 Å². The highest BCUT2D eigenvalue weighted by Gasteiger charge is 2.37. The molecule has 2 aromatic rings. The lowest BCUT2D eigenvalue weighted by atomic mass is 10.2. The van der Waals surface area contributed by atoms with E-state index in [1.54, 1.807) is 12.1 Å². The van der Waals surface area contributed by atoms with Gasteiger partial charge in [-0.25, -0.2) is 21.2 Å². The fraction of sp³-hybridized carbons (Fsp3) is 0.412. The van der Waals surface area contributed by atoms with Crippen LogP contribution in [0.4, 0.5) is 4.39 Å². The van der Waals surface area contributed by atoms with Gasteiger partial charge in [0.25, 0.3) is 10.0 Å². The van der Waals surface area contributed by atoms with E-state index in [4.69, 9.17) is 0 Å². The maximum atomic E-state index is 13.1. The highest BCUT2D eigenvalue weighted by Crippen LogP contribution is 2.30. The van der Waals surface area contributed by atoms with Gasteiger partial charge >= 0.3 is 0 Å². The Hall–Kier alpha value is -1.29. The van der Waals surface area contributed by atoms with Gasteiger partial charge in [-0.15, -0.1) is 11.3 Å². The van der Waals surface area contributed by atoms with E-state index < -0.39 is 30.9 Å². The van der Waals surface area contributed by atoms with Gasteiger partial charge in [-0.3, -0.25) is 0 Å². The lowest BCUT2D eigenvalue weighted by Crippen LogP contribution is -2.44. The average Bonchev–Trinajstić information content (AvgIpc) is 3.12. The highest BCUT2D eigenvalue weighted by molar-refractivity contribution is 7.92. The number of halogens is 1. The fourth-order valence-electron chi connectivity index (χ4n) is 3.01. The monoisotopic (exact) mass is 417 g/mol. The molecule has 1 fully saturated rings. The standard InChI is InChI=1S/C17H20FNO4S3/c1-2-14-7-10-17(24-14)26(22,23)19-11-3-4-16(12-19)25(20,21)15-8-5-13(18)6-9-15/h5-10,16H,2-4,11-12H2,1H3/t16-/m1/s1. The number of sulfonamides is 1. The van der Waals surface area contributed by atoms with Gasteiger partial charge in [-0.2, -0.15) is 4.31 Å². The van der Waals surface area contributed by atoms with E-state index in [0.717, 1.165) is 23.4 Å². The Labute approximate surface area is 157 Å². The van der Waals surface area contributed by atoms with Crippen molar-refractivity contribution in [3.63, 3.8) is 0 Å². The van der Waals surface area contributed by atoms with Crippen LogP contribution >= 0.6 is 11.3 Å². The number of piperidine rings is 1. The van der Waals surface area contributed by atoms with Crippen LogP contribution in [0.5, 0.6) is 0 Å². The number of nitrogens with zero attached hydrogens (tertiary/aromatic N) is 1. The second kappa shape index (κ2) is 7.38. The molecule has 1 aliphatic rings. The first-order chi connectivity index (χ1) is 12.2. The molecule has 1 aliphatic heterocycles. The van der Waals surface area contributed by atoms with Crippen LogP contribution in [-0.2, 0) is 26.3 Å². The predicted molar refractivity (Wildman–Crippen MR) is 99.1 cm³/mol. The zero-order chi connectivity index (χ0) is 18.9. The Morgan fingerprint density at radius 1 is 1.12 bits per heavy atom. The summed E-state index contributed by atoms with van der Waals surface area (Å²) in [5.41, 5.74) is 0. The van der Waals surface area contributed by atoms with Crippen molar-refractivity contribution in [2.45, 2.75) is 40.5 Å². The molecule has 3 rings (SSSR count). The summed E-state index contributed by atoms with van der Waals surface area (Å²) in [6.07, 6.45) is 1.61. The number of hydrogen-bond acceptors (Lipinski definition) is 5. The van der Waals surface area contributed by atoms with Gasteiger partial charge in [0.15, 0.2) is 9.84 Å². The minimum Gasteiger partial charge on any atom is -0.223 e. The molecule has 1 saturated heterocycles. The van der Waals surface area contributed by atoms with Gasteiger partial charge in [-0.1, -0.05) is 6.92 Å². The van der Waals surface area contributed by atoms with Crippen LogP contribution in [0.3, 0.4) is 0 Å². The molecule has 26 heavy (non-hydrogen) atoms. The van der Waals surface area contributed by atoms with E-state index in [1.807, 2.05) is 6.92 Å². The third-order valence-corrected chi connectivity index (χ3v) is 10.3. The van der Waals surface area contributed by atoms with E-state index >= 15 is 0 Å². The van der Waals surface area contributed by atoms with Gasteiger partial charge in [0.05, 0.1) is 10.1 Å². The third kappa shape index (κ3) is 3.71. The summed E-state index contributed by atoms with van der Waals surface area (Å²) in [6.45, 7) is 2.17. The second-order valence-corrected chi connectivity index (χ2v) is 11.8. The summed E-state index contributed by atoms with van der Waals surface area (Å²) in [5.74, 6) is -0.513. The molecule has 142 valence electrons. The molecule has 1 atom stereocenters. The molecule has 0 aliphatic carbocycles. The smallest absolute Gasteiger partial charge is 0.223 e. The third-order valence-electron chi connectivity index (χ3n) is 4.50. The zero-order valence-electron chi connectivity index (χ0n) is 14.3. The summed E-state index contributed by atoms with van der Waals surface area (Å²) in [7, 11) is -7.43. The summed E-state index contributed by atoms with van der Waals surface area (Å²) >= 11 is 1.22. The van der Waals surface area contributed by atoms with Gasteiger partial charge in [-0.05, 0) is 55.7 Å². The molecule has 0 saturated carbocycles. The van der Waals surface area contributed by atoms with Gasteiger partial charge in [0, 0.05) is 18.0 Å². The predicted octanol–water partition coefficient (Wildman–Crippen LogP) is 3.08. The number of benzene rings is 1. The molecule has 5 nitrogen and oxygen atoms in total. The number of thiophene rings is 1. The van der Waals surface area contributed by atoms with Crippen molar-refractivity contribution in [2.24, 2.45) is 0 Å². The molecule has 2 heterocycles. The Bertz CT molecular complexity index is 981. The van der Waals surface area contributed by atoms with E-state index in [0.29, 0.717) is 19.4 Å². The lowest BCUT2D eigenvalue weighted by molar-refractivity contribution is 0.346. The van der Waals surface area contributed by atoms with Crippen molar-refractivity contribution in [3.8, 4) is 0 Å². The topological polar surface area (TPSA) is 71.5 Å². The van der Waals surface area contributed by atoms with Crippen molar-refractivity contribution in [1.29, 1.82) is 0 Å². The van der Waals surface area contributed by atoms with Crippen LogP contribution in [0.2, 0.25) is 0 Å². The Kier molecular flexibility index (Phi) is 5.53. The van der Waals surface area contributed by atoms with E-state index in [1.165, 1.54) is 27.8 Å². The minimum atomic E-state index is -3.72. The van der Waals surface area contributed by atoms with Crippen molar-refractivity contribution in [3.05, 3.63) is 47.1 Å². The van der Waals surface area contributed by atoms with Crippen molar-refractivity contribution < 1.29 is 21.2 Å². The molecule has 0 unspecified atom stereocenters. The maximum absolute atomic E-state index is 13.1. The van der Waals surface area contributed by atoms with Crippen LogP contribution in [0.15, 0.2) is 45.5 Å². The molecular formula is C17H20FNO4S3. The summed E-state index contributed by atoms with van der Waals surface area (Å²) in [6, 6.07) is 8.02. The summed E-state index contributed by atoms with van der Waals surface area (Å²) in [5, 5.41) is -0.831. The highest BCUT2D eigenvalue weighted by atomic mass is 32.2. The first-order valence-corrected chi connectivity index (χ1v) is 12.1. The normalized spacial score (nSPS) is 19.5. The Morgan fingerprint density at radius 3 is 2.42 bits per heavy atom. The molecule has 9 heteroatoms. The van der Waals surface area contributed by atoms with E-state index in [-0.39, 0.29) is 15.6 Å². The molecule has 0 bridgehead atoms. The summed E-state index contributed by atoms with van der Waals surface area (Å²) < 4.78 is 65.9. The first kappa shape index (κ1) is 19.5. The summed E-state index contributed by atoms with van der Waals surface area (Å²) in [4.78, 5) is 0.989. The number of sulfone groups is 1. The van der Waals surface area contributed by atoms with Crippen LogP contribution in [0.25, 0.3) is 0 Å². The Morgan fingerprint density at radius 2 is 1.81 bits per heavy atom. The maximum Gasteiger partial charge on any atom is 0.252 e. The van der Waals surface area contributed by atoms with Crippen LogP contribution < -0.4 is 0 Å². The zero-order valence-corrected chi connectivity index (χ0v) is 16.7.